The van der Waals surface area contributed by atoms with E-state index in [1.54, 1.807) is 47.0 Å². The molecule has 0 spiro atoms. The first-order valence-corrected chi connectivity index (χ1v) is 11.3. The molecule has 1 N–H and O–H groups in total. The second kappa shape index (κ2) is 7.46. The highest BCUT2D eigenvalue weighted by Crippen LogP contribution is 2.23. The number of thiazole rings is 1. The van der Waals surface area contributed by atoms with Crippen molar-refractivity contribution in [1.29, 1.82) is 0 Å². The summed E-state index contributed by atoms with van der Waals surface area (Å²) in [4.78, 5) is 14.9. The maximum Gasteiger partial charge on any atom is 0.308 e. The summed E-state index contributed by atoms with van der Waals surface area (Å²) in [5.74, 6) is 0. The van der Waals surface area contributed by atoms with Crippen molar-refractivity contribution < 1.29 is 8.42 Å². The van der Waals surface area contributed by atoms with Gasteiger partial charge < -0.3 is 4.90 Å². The Morgan fingerprint density at radius 3 is 2.48 bits per heavy atom. The van der Waals surface area contributed by atoms with E-state index in [1.165, 1.54) is 12.8 Å². The summed E-state index contributed by atoms with van der Waals surface area (Å²) < 4.78 is 30.3. The quantitative estimate of drug-likeness (QED) is 0.687. The SMILES string of the molecule is O=c1sc2cc(S(=O)(=O)Nc3ccccc3)ccc2n1CCN1CCCC1. The van der Waals surface area contributed by atoms with Gasteiger partial charge in [-0.2, -0.15) is 0 Å². The lowest BCUT2D eigenvalue weighted by Crippen LogP contribution is -2.27. The van der Waals surface area contributed by atoms with Crippen LogP contribution in [0.4, 0.5) is 5.69 Å². The zero-order valence-corrected chi connectivity index (χ0v) is 16.4. The molecule has 0 saturated carbocycles. The average Bonchev–Trinajstić information content (AvgIpc) is 3.27. The third kappa shape index (κ3) is 3.92. The van der Waals surface area contributed by atoms with Crippen LogP contribution in [0.2, 0.25) is 0 Å². The Kier molecular flexibility index (Phi) is 5.03. The molecule has 8 heteroatoms. The number of hydrogen-bond acceptors (Lipinski definition) is 5. The summed E-state index contributed by atoms with van der Waals surface area (Å²) in [6.07, 6.45) is 2.43. The van der Waals surface area contributed by atoms with Crippen LogP contribution < -0.4 is 9.60 Å². The molecule has 1 fully saturated rings. The van der Waals surface area contributed by atoms with Gasteiger partial charge in [0.1, 0.15) is 0 Å². The summed E-state index contributed by atoms with van der Waals surface area (Å²) in [7, 11) is -3.70. The molecule has 0 unspecified atom stereocenters. The van der Waals surface area contributed by atoms with Crippen molar-refractivity contribution in [3.05, 3.63) is 58.2 Å². The van der Waals surface area contributed by atoms with E-state index < -0.39 is 10.0 Å². The molecule has 0 atom stereocenters. The number of nitrogens with one attached hydrogen (secondary N) is 1. The molecule has 27 heavy (non-hydrogen) atoms. The van der Waals surface area contributed by atoms with Crippen LogP contribution in [0.15, 0.2) is 58.2 Å². The zero-order valence-electron chi connectivity index (χ0n) is 14.8. The van der Waals surface area contributed by atoms with E-state index in [0.29, 0.717) is 16.9 Å². The van der Waals surface area contributed by atoms with Gasteiger partial charge in [-0.25, -0.2) is 8.42 Å². The fourth-order valence-corrected chi connectivity index (χ4v) is 5.51. The first kappa shape index (κ1) is 18.2. The van der Waals surface area contributed by atoms with E-state index in [4.69, 9.17) is 0 Å². The standard InChI is InChI=1S/C19H21N3O3S2/c23-19-22(13-12-21-10-4-5-11-21)17-9-8-16(14-18(17)26-19)27(24,25)20-15-6-2-1-3-7-15/h1-3,6-9,14,20H,4-5,10-13H2. The van der Waals surface area contributed by atoms with E-state index in [0.717, 1.165) is 36.5 Å². The number of aromatic nitrogens is 1. The number of benzene rings is 2. The van der Waals surface area contributed by atoms with Gasteiger partial charge in [-0.15, -0.1) is 0 Å². The molecular weight excluding hydrogens is 382 g/mol. The van der Waals surface area contributed by atoms with E-state index in [2.05, 4.69) is 9.62 Å². The van der Waals surface area contributed by atoms with Crippen molar-refractivity contribution >= 4 is 37.3 Å². The molecule has 1 aliphatic rings. The molecule has 3 aromatic rings. The van der Waals surface area contributed by atoms with Crippen molar-refractivity contribution in [3.63, 3.8) is 0 Å². The maximum atomic E-state index is 12.6. The first-order valence-electron chi connectivity index (χ1n) is 8.96. The lowest BCUT2D eigenvalue weighted by molar-refractivity contribution is 0.323. The highest BCUT2D eigenvalue weighted by atomic mass is 32.2. The number of fused-ring (bicyclic) bond motifs is 1. The number of para-hydroxylation sites is 1. The van der Waals surface area contributed by atoms with Gasteiger partial charge >= 0.3 is 4.87 Å². The van der Waals surface area contributed by atoms with Crippen molar-refractivity contribution in [1.82, 2.24) is 9.47 Å². The number of hydrogen-bond donors (Lipinski definition) is 1. The third-order valence-electron chi connectivity index (χ3n) is 4.81. The molecule has 0 radical (unpaired) electrons. The molecule has 1 saturated heterocycles. The zero-order chi connectivity index (χ0) is 18.9. The lowest BCUT2D eigenvalue weighted by Gasteiger charge is -2.14. The van der Waals surface area contributed by atoms with E-state index >= 15 is 0 Å². The predicted octanol–water partition coefficient (Wildman–Crippen LogP) is 2.96. The second-order valence-corrected chi connectivity index (χ2v) is 9.35. The smallest absolute Gasteiger partial charge is 0.302 e. The minimum Gasteiger partial charge on any atom is -0.302 e. The molecule has 2 heterocycles. The molecule has 1 aromatic heterocycles. The van der Waals surface area contributed by atoms with Gasteiger partial charge in [0.05, 0.1) is 15.1 Å². The van der Waals surface area contributed by atoms with Gasteiger partial charge in [-0.3, -0.25) is 14.1 Å². The van der Waals surface area contributed by atoms with Crippen LogP contribution in [-0.4, -0.2) is 37.5 Å². The fraction of sp³-hybridized carbons (Fsp3) is 0.316. The minimum atomic E-state index is -3.70. The van der Waals surface area contributed by atoms with Gasteiger partial charge in [-0.1, -0.05) is 29.5 Å². The van der Waals surface area contributed by atoms with Gasteiger partial charge in [-0.05, 0) is 56.3 Å². The van der Waals surface area contributed by atoms with Crippen LogP contribution in [0.25, 0.3) is 10.2 Å². The Hall–Kier alpha value is -2.16. The van der Waals surface area contributed by atoms with Crippen LogP contribution in [0, 0.1) is 0 Å². The molecule has 1 aliphatic heterocycles. The predicted molar refractivity (Wildman–Crippen MR) is 109 cm³/mol. The lowest BCUT2D eigenvalue weighted by atomic mass is 10.3. The van der Waals surface area contributed by atoms with Gasteiger partial charge in [0.25, 0.3) is 10.0 Å². The van der Waals surface area contributed by atoms with E-state index in [9.17, 15) is 13.2 Å². The molecule has 0 aliphatic carbocycles. The number of anilines is 1. The normalized spacial score (nSPS) is 15.4. The molecule has 2 aromatic carbocycles. The molecule has 0 bridgehead atoms. The fourth-order valence-electron chi connectivity index (χ4n) is 3.39. The van der Waals surface area contributed by atoms with E-state index in [1.807, 2.05) is 6.07 Å². The third-order valence-corrected chi connectivity index (χ3v) is 7.14. The minimum absolute atomic E-state index is 0.0465. The summed E-state index contributed by atoms with van der Waals surface area (Å²) in [6, 6.07) is 13.6. The summed E-state index contributed by atoms with van der Waals surface area (Å²) in [6.45, 7) is 3.66. The van der Waals surface area contributed by atoms with Gasteiger partial charge in [0.2, 0.25) is 0 Å². The molecule has 4 rings (SSSR count). The average molecular weight is 404 g/mol. The van der Waals surface area contributed by atoms with Crippen LogP contribution in [-0.2, 0) is 16.6 Å². The van der Waals surface area contributed by atoms with Crippen LogP contribution in [0.1, 0.15) is 12.8 Å². The Bertz CT molecular complexity index is 1100. The molecular formula is C19H21N3O3S2. The Balaban J connectivity index is 1.60. The second-order valence-electron chi connectivity index (χ2n) is 6.67. The van der Waals surface area contributed by atoms with Crippen molar-refractivity contribution in [2.75, 3.05) is 24.4 Å². The van der Waals surface area contributed by atoms with Crippen molar-refractivity contribution in [2.24, 2.45) is 0 Å². The Labute approximate surface area is 162 Å². The van der Waals surface area contributed by atoms with Crippen LogP contribution in [0.5, 0.6) is 0 Å². The largest absolute Gasteiger partial charge is 0.308 e. The van der Waals surface area contributed by atoms with Gasteiger partial charge in [0, 0.05) is 18.8 Å². The van der Waals surface area contributed by atoms with E-state index in [-0.39, 0.29) is 9.77 Å². The maximum absolute atomic E-state index is 12.6. The molecule has 6 nitrogen and oxygen atoms in total. The molecule has 142 valence electrons. The summed E-state index contributed by atoms with van der Waals surface area (Å²) in [5, 5.41) is 0. The summed E-state index contributed by atoms with van der Waals surface area (Å²) in [5.41, 5.74) is 1.30. The van der Waals surface area contributed by atoms with Crippen molar-refractivity contribution in [3.8, 4) is 0 Å². The van der Waals surface area contributed by atoms with Crippen LogP contribution in [0.3, 0.4) is 0 Å². The first-order chi connectivity index (χ1) is 13.0. The number of likely N-dealkylation sites (tertiary alicyclic amines) is 1. The topological polar surface area (TPSA) is 71.4 Å². The number of sulfonamides is 1. The molecule has 0 amide bonds. The number of rotatable bonds is 6. The Morgan fingerprint density at radius 1 is 1.00 bits per heavy atom. The number of nitrogens with zero attached hydrogens (tertiary/aromatic N) is 2. The van der Waals surface area contributed by atoms with Crippen molar-refractivity contribution in [2.45, 2.75) is 24.3 Å². The Morgan fingerprint density at radius 2 is 1.74 bits per heavy atom. The highest BCUT2D eigenvalue weighted by molar-refractivity contribution is 7.92. The van der Waals surface area contributed by atoms with Crippen LogP contribution >= 0.6 is 11.3 Å². The van der Waals surface area contributed by atoms with Gasteiger partial charge in [0.15, 0.2) is 0 Å². The monoisotopic (exact) mass is 403 g/mol. The highest BCUT2D eigenvalue weighted by Gasteiger charge is 2.18. The summed E-state index contributed by atoms with van der Waals surface area (Å²) >= 11 is 1.09.